The SMILES string of the molecule is C=C(CCCC)N1CCN(C(=C)c2ccc3c(Cl)cc(-c4ccc(/C(C=N)=C/N)cc4)nc3c2)CC1. The molecule has 0 unspecified atom stereocenters. The summed E-state index contributed by atoms with van der Waals surface area (Å²) in [5, 5.41) is 9.08. The molecule has 1 saturated heterocycles. The van der Waals surface area contributed by atoms with Gasteiger partial charge in [0.15, 0.2) is 0 Å². The van der Waals surface area contributed by atoms with Crippen molar-refractivity contribution in [2.45, 2.75) is 26.2 Å². The van der Waals surface area contributed by atoms with Crippen LogP contribution in [-0.2, 0) is 0 Å². The monoisotopic (exact) mass is 499 g/mol. The number of benzene rings is 2. The molecule has 1 aliphatic heterocycles. The summed E-state index contributed by atoms with van der Waals surface area (Å²) in [6.07, 6.45) is 6.15. The van der Waals surface area contributed by atoms with Gasteiger partial charge in [-0.05, 0) is 36.1 Å². The minimum absolute atomic E-state index is 0.664. The molecule has 5 nitrogen and oxygen atoms in total. The van der Waals surface area contributed by atoms with Gasteiger partial charge < -0.3 is 20.9 Å². The van der Waals surface area contributed by atoms with Gasteiger partial charge in [0.2, 0.25) is 0 Å². The number of hydrogen-bond acceptors (Lipinski definition) is 5. The smallest absolute Gasteiger partial charge is 0.0731 e. The molecule has 36 heavy (non-hydrogen) atoms. The molecule has 0 radical (unpaired) electrons. The first-order valence-electron chi connectivity index (χ1n) is 12.5. The lowest BCUT2D eigenvalue weighted by Crippen LogP contribution is -2.44. The van der Waals surface area contributed by atoms with Crippen molar-refractivity contribution in [3.05, 3.63) is 89.7 Å². The number of fused-ring (bicyclic) bond motifs is 1. The molecule has 1 aliphatic rings. The van der Waals surface area contributed by atoms with Crippen LogP contribution in [0.15, 0.2) is 73.6 Å². The van der Waals surface area contributed by atoms with E-state index in [0.29, 0.717) is 10.6 Å². The first-order valence-corrected chi connectivity index (χ1v) is 12.8. The van der Waals surface area contributed by atoms with Gasteiger partial charge in [-0.2, -0.15) is 0 Å². The number of rotatable bonds is 9. The van der Waals surface area contributed by atoms with Crippen LogP contribution in [0.25, 0.3) is 33.4 Å². The molecule has 1 fully saturated rings. The molecule has 6 heteroatoms. The summed E-state index contributed by atoms with van der Waals surface area (Å²) < 4.78 is 0. The van der Waals surface area contributed by atoms with Gasteiger partial charge in [-0.25, -0.2) is 4.98 Å². The zero-order valence-corrected chi connectivity index (χ0v) is 21.7. The first kappa shape index (κ1) is 25.5. The maximum absolute atomic E-state index is 7.50. The Morgan fingerprint density at radius 1 is 1.03 bits per heavy atom. The normalized spacial score (nSPS) is 14.2. The van der Waals surface area contributed by atoms with Crippen molar-refractivity contribution in [1.82, 2.24) is 14.8 Å². The van der Waals surface area contributed by atoms with E-state index in [1.54, 1.807) is 0 Å². The number of allylic oxidation sites excluding steroid dienone is 2. The van der Waals surface area contributed by atoms with Gasteiger partial charge >= 0.3 is 0 Å². The van der Waals surface area contributed by atoms with Gasteiger partial charge in [0, 0.05) is 66.5 Å². The largest absolute Gasteiger partial charge is 0.404 e. The molecule has 2 aromatic carbocycles. The highest BCUT2D eigenvalue weighted by Gasteiger charge is 2.20. The van der Waals surface area contributed by atoms with Crippen molar-refractivity contribution in [1.29, 1.82) is 5.41 Å². The summed E-state index contributed by atoms with van der Waals surface area (Å²) in [6.45, 7) is 14.7. The van der Waals surface area contributed by atoms with Crippen molar-refractivity contribution in [3.63, 3.8) is 0 Å². The van der Waals surface area contributed by atoms with E-state index in [-0.39, 0.29) is 0 Å². The Balaban J connectivity index is 1.53. The van der Waals surface area contributed by atoms with Crippen molar-refractivity contribution < 1.29 is 0 Å². The van der Waals surface area contributed by atoms with E-state index in [0.717, 1.165) is 71.6 Å². The quantitative estimate of drug-likeness (QED) is 0.318. The number of nitrogens with zero attached hydrogens (tertiary/aromatic N) is 3. The summed E-state index contributed by atoms with van der Waals surface area (Å²) in [7, 11) is 0. The lowest BCUT2D eigenvalue weighted by Gasteiger charge is -2.39. The number of aromatic nitrogens is 1. The second-order valence-corrected chi connectivity index (χ2v) is 9.56. The average Bonchev–Trinajstić information content (AvgIpc) is 2.92. The lowest BCUT2D eigenvalue weighted by atomic mass is 10.0. The van der Waals surface area contributed by atoms with Crippen LogP contribution in [0.4, 0.5) is 0 Å². The predicted molar refractivity (Wildman–Crippen MR) is 154 cm³/mol. The number of piperazine rings is 1. The van der Waals surface area contributed by atoms with E-state index in [9.17, 15) is 0 Å². The van der Waals surface area contributed by atoms with Crippen LogP contribution in [0.3, 0.4) is 0 Å². The second kappa shape index (κ2) is 11.4. The van der Waals surface area contributed by atoms with Gasteiger partial charge in [-0.15, -0.1) is 0 Å². The molecule has 3 N–H and O–H groups in total. The highest BCUT2D eigenvalue weighted by atomic mass is 35.5. The van der Waals surface area contributed by atoms with E-state index < -0.39 is 0 Å². The van der Waals surface area contributed by atoms with E-state index in [1.807, 2.05) is 36.4 Å². The van der Waals surface area contributed by atoms with Gasteiger partial charge in [-0.3, -0.25) is 0 Å². The number of unbranched alkanes of at least 4 members (excludes halogenated alkanes) is 1. The van der Waals surface area contributed by atoms with E-state index >= 15 is 0 Å². The molecule has 0 bridgehead atoms. The fourth-order valence-electron chi connectivity index (χ4n) is 4.59. The van der Waals surface area contributed by atoms with Gasteiger partial charge in [-0.1, -0.05) is 74.5 Å². The van der Waals surface area contributed by atoms with Gasteiger partial charge in [0.25, 0.3) is 0 Å². The Morgan fingerprint density at radius 3 is 2.33 bits per heavy atom. The number of hydrogen-bond donors (Lipinski definition) is 2. The number of halogens is 1. The van der Waals surface area contributed by atoms with Gasteiger partial charge in [0.05, 0.1) is 16.2 Å². The van der Waals surface area contributed by atoms with Crippen molar-refractivity contribution >= 4 is 40.0 Å². The zero-order valence-electron chi connectivity index (χ0n) is 20.9. The fraction of sp³-hybridized carbons (Fsp3) is 0.267. The van der Waals surface area contributed by atoms with E-state index in [1.165, 1.54) is 31.0 Å². The van der Waals surface area contributed by atoms with Crippen LogP contribution in [0.1, 0.15) is 37.3 Å². The van der Waals surface area contributed by atoms with E-state index in [2.05, 4.69) is 42.0 Å². The van der Waals surface area contributed by atoms with E-state index in [4.69, 9.17) is 27.7 Å². The Morgan fingerprint density at radius 2 is 1.69 bits per heavy atom. The van der Waals surface area contributed by atoms with Crippen LogP contribution in [-0.4, -0.2) is 47.2 Å². The Labute approximate surface area is 219 Å². The summed E-state index contributed by atoms with van der Waals surface area (Å²) in [5.74, 6) is 0. The molecule has 0 saturated carbocycles. The maximum Gasteiger partial charge on any atom is 0.0731 e. The molecule has 186 valence electrons. The minimum Gasteiger partial charge on any atom is -0.404 e. The summed E-state index contributed by atoms with van der Waals surface area (Å²) >= 11 is 6.66. The minimum atomic E-state index is 0.664. The summed E-state index contributed by atoms with van der Waals surface area (Å²) in [4.78, 5) is 9.68. The molecule has 0 amide bonds. The number of pyridine rings is 1. The number of nitrogens with one attached hydrogen (secondary N) is 1. The molecule has 0 aliphatic carbocycles. The summed E-state index contributed by atoms with van der Waals surface area (Å²) in [6, 6.07) is 15.9. The Hall–Kier alpha value is -3.57. The molecule has 1 aromatic heterocycles. The predicted octanol–water partition coefficient (Wildman–Crippen LogP) is 6.80. The van der Waals surface area contributed by atoms with Crippen molar-refractivity contribution in [2.24, 2.45) is 5.73 Å². The van der Waals surface area contributed by atoms with Gasteiger partial charge in [0.1, 0.15) is 0 Å². The second-order valence-electron chi connectivity index (χ2n) is 9.16. The lowest BCUT2D eigenvalue weighted by molar-refractivity contribution is 0.209. The molecular weight excluding hydrogens is 466 g/mol. The Kier molecular flexibility index (Phi) is 8.11. The number of nitrogens with two attached hydrogens (primary N) is 1. The van der Waals surface area contributed by atoms with Crippen molar-refractivity contribution in [2.75, 3.05) is 26.2 Å². The molecule has 4 rings (SSSR count). The molecule has 0 spiro atoms. The molecule has 0 atom stereocenters. The highest BCUT2D eigenvalue weighted by molar-refractivity contribution is 6.35. The van der Waals surface area contributed by atoms with Crippen LogP contribution in [0.2, 0.25) is 5.02 Å². The fourth-order valence-corrected chi connectivity index (χ4v) is 4.85. The van der Waals surface area contributed by atoms with Crippen LogP contribution in [0.5, 0.6) is 0 Å². The molecule has 2 heterocycles. The third-order valence-electron chi connectivity index (χ3n) is 6.87. The van der Waals surface area contributed by atoms with Crippen LogP contribution >= 0.6 is 11.6 Å². The Bertz CT molecular complexity index is 1300. The maximum atomic E-state index is 7.50. The average molecular weight is 500 g/mol. The summed E-state index contributed by atoms with van der Waals surface area (Å²) in [5.41, 5.74) is 13.1. The third-order valence-corrected chi connectivity index (χ3v) is 7.18. The standard InChI is InChI=1S/C30H34ClN5/c1-4-5-6-21(2)35-13-15-36(16-14-35)22(3)25-11-12-27-28(31)18-29(34-30(27)17-25)24-9-7-23(8-10-24)26(19-32)20-33/h7-12,17-20,32H,2-6,13-16,33H2,1H3/b26-20+,32-19?. The third kappa shape index (κ3) is 5.47. The zero-order chi connectivity index (χ0) is 25.7. The van der Waals surface area contributed by atoms with Crippen molar-refractivity contribution in [3.8, 4) is 11.3 Å². The first-order chi connectivity index (χ1) is 17.4. The topological polar surface area (TPSA) is 69.2 Å². The van der Waals surface area contributed by atoms with Crippen LogP contribution < -0.4 is 5.73 Å². The molecular formula is C30H34ClN5. The molecule has 3 aromatic rings. The van der Waals surface area contributed by atoms with Crippen LogP contribution in [0, 0.1) is 5.41 Å². The highest BCUT2D eigenvalue weighted by Crippen LogP contribution is 2.31.